The quantitative estimate of drug-likeness (QED) is 0.836. The molecule has 0 radical (unpaired) electrons. The Kier molecular flexibility index (Phi) is 2.52. The molecule has 94 valence electrons. The fraction of sp³-hybridized carbons (Fsp3) is 0.727. The molecule has 2 N–H and O–H groups in total. The summed E-state index contributed by atoms with van der Waals surface area (Å²) in [6.45, 7) is 0.405. The highest BCUT2D eigenvalue weighted by atomic mass is 32.2. The van der Waals surface area contributed by atoms with E-state index in [1.54, 1.807) is 0 Å². The lowest BCUT2D eigenvalue weighted by molar-refractivity contribution is 0.282. The van der Waals surface area contributed by atoms with Gasteiger partial charge in [0.15, 0.2) is 9.84 Å². The molecule has 5 nitrogen and oxygen atoms in total. The van der Waals surface area contributed by atoms with E-state index in [-0.39, 0.29) is 11.5 Å². The molecule has 1 saturated carbocycles. The minimum Gasteiger partial charge on any atom is -0.325 e. The number of sulfone groups is 1. The lowest BCUT2D eigenvalue weighted by Crippen LogP contribution is -2.25. The van der Waals surface area contributed by atoms with Crippen LogP contribution in [0, 0.1) is 0 Å². The molecular weight excluding hydrogens is 238 g/mol. The van der Waals surface area contributed by atoms with Gasteiger partial charge < -0.3 is 5.73 Å². The zero-order valence-corrected chi connectivity index (χ0v) is 10.5. The minimum atomic E-state index is -2.93. The van der Waals surface area contributed by atoms with Crippen LogP contribution in [0.25, 0.3) is 0 Å². The Balaban J connectivity index is 2.08. The molecule has 1 aromatic heterocycles. The summed E-state index contributed by atoms with van der Waals surface area (Å²) in [5.41, 5.74) is 8.58. The molecule has 0 aromatic carbocycles. The Morgan fingerprint density at radius 1 is 1.41 bits per heavy atom. The van der Waals surface area contributed by atoms with E-state index in [1.165, 1.54) is 6.42 Å². The summed E-state index contributed by atoms with van der Waals surface area (Å²) in [5, 5.41) is 4.53. The number of aromatic nitrogens is 2. The van der Waals surface area contributed by atoms with Gasteiger partial charge in [-0.15, -0.1) is 0 Å². The van der Waals surface area contributed by atoms with Crippen LogP contribution in [0.4, 0.5) is 0 Å². The molecule has 0 bridgehead atoms. The van der Waals surface area contributed by atoms with Gasteiger partial charge in [0.25, 0.3) is 0 Å². The summed E-state index contributed by atoms with van der Waals surface area (Å²) < 4.78 is 25.4. The smallest absolute Gasteiger partial charge is 0.156 e. The number of hydrogen-bond acceptors (Lipinski definition) is 4. The molecule has 6 heteroatoms. The average Bonchev–Trinajstić information content (AvgIpc) is 2.52. The first-order valence-corrected chi connectivity index (χ1v) is 7.92. The molecule has 3 rings (SSSR count). The van der Waals surface area contributed by atoms with Crippen molar-refractivity contribution in [2.75, 3.05) is 5.75 Å². The Bertz CT molecular complexity index is 543. The van der Waals surface area contributed by atoms with Gasteiger partial charge in [0.2, 0.25) is 0 Å². The topological polar surface area (TPSA) is 78.0 Å². The lowest BCUT2D eigenvalue weighted by Gasteiger charge is -2.28. The van der Waals surface area contributed by atoms with Crippen LogP contribution in [0.3, 0.4) is 0 Å². The first kappa shape index (κ1) is 11.2. The predicted octanol–water partition coefficient (Wildman–Crippen LogP) is 0.538. The molecule has 1 fully saturated rings. The van der Waals surface area contributed by atoms with E-state index in [1.807, 2.05) is 4.68 Å². The van der Waals surface area contributed by atoms with Gasteiger partial charge in [0.1, 0.15) is 0 Å². The lowest BCUT2D eigenvalue weighted by atomic mass is 9.93. The SMILES string of the molecule is NCc1nn(C2CCC2)c2c1CCS(=O)(=O)C2. The summed E-state index contributed by atoms with van der Waals surface area (Å²) >= 11 is 0. The third kappa shape index (κ3) is 1.79. The van der Waals surface area contributed by atoms with Crippen LogP contribution in [-0.2, 0) is 28.6 Å². The van der Waals surface area contributed by atoms with E-state index >= 15 is 0 Å². The second kappa shape index (κ2) is 3.81. The summed E-state index contributed by atoms with van der Waals surface area (Å²) in [6, 6.07) is 0.400. The summed E-state index contributed by atoms with van der Waals surface area (Å²) in [5.74, 6) is 0.384. The molecular formula is C11H17N3O2S. The van der Waals surface area contributed by atoms with E-state index in [0.717, 1.165) is 29.8 Å². The van der Waals surface area contributed by atoms with Gasteiger partial charge in [0, 0.05) is 6.54 Å². The minimum absolute atomic E-state index is 0.145. The molecule has 1 aliphatic carbocycles. The normalized spacial score (nSPS) is 23.1. The fourth-order valence-electron chi connectivity index (χ4n) is 2.63. The van der Waals surface area contributed by atoms with Crippen LogP contribution in [-0.4, -0.2) is 24.0 Å². The fourth-order valence-corrected chi connectivity index (χ4v) is 4.02. The molecule has 0 atom stereocenters. The summed E-state index contributed by atoms with van der Waals surface area (Å²) in [6.07, 6.45) is 4.01. The van der Waals surface area contributed by atoms with Gasteiger partial charge in [0.05, 0.1) is 28.9 Å². The van der Waals surface area contributed by atoms with Crippen LogP contribution in [0.1, 0.15) is 42.3 Å². The maximum absolute atomic E-state index is 11.7. The maximum atomic E-state index is 11.7. The molecule has 2 heterocycles. The Morgan fingerprint density at radius 3 is 2.76 bits per heavy atom. The molecule has 2 aliphatic rings. The molecule has 0 spiro atoms. The van der Waals surface area contributed by atoms with Crippen molar-refractivity contribution in [3.05, 3.63) is 17.0 Å². The van der Waals surface area contributed by atoms with Crippen molar-refractivity contribution in [2.24, 2.45) is 5.73 Å². The van der Waals surface area contributed by atoms with E-state index in [9.17, 15) is 8.42 Å². The van der Waals surface area contributed by atoms with E-state index in [4.69, 9.17) is 5.73 Å². The van der Waals surface area contributed by atoms with Crippen molar-refractivity contribution < 1.29 is 8.42 Å². The van der Waals surface area contributed by atoms with Crippen LogP contribution in [0.5, 0.6) is 0 Å². The van der Waals surface area contributed by atoms with Crippen molar-refractivity contribution in [1.29, 1.82) is 0 Å². The van der Waals surface area contributed by atoms with Crippen LogP contribution < -0.4 is 5.73 Å². The number of nitrogens with zero attached hydrogens (tertiary/aromatic N) is 2. The predicted molar refractivity (Wildman–Crippen MR) is 64.2 cm³/mol. The van der Waals surface area contributed by atoms with Gasteiger partial charge in [-0.3, -0.25) is 4.68 Å². The first-order chi connectivity index (χ1) is 8.11. The molecule has 0 unspecified atom stereocenters. The Hall–Kier alpha value is -0.880. The highest BCUT2D eigenvalue weighted by Crippen LogP contribution is 2.35. The van der Waals surface area contributed by atoms with E-state index < -0.39 is 9.84 Å². The number of fused-ring (bicyclic) bond motifs is 1. The molecule has 1 aliphatic heterocycles. The monoisotopic (exact) mass is 255 g/mol. The Morgan fingerprint density at radius 2 is 2.18 bits per heavy atom. The van der Waals surface area contributed by atoms with Crippen molar-refractivity contribution in [3.8, 4) is 0 Å². The van der Waals surface area contributed by atoms with Gasteiger partial charge in [-0.2, -0.15) is 5.10 Å². The van der Waals surface area contributed by atoms with Gasteiger partial charge in [-0.05, 0) is 31.2 Å². The van der Waals surface area contributed by atoms with Gasteiger partial charge >= 0.3 is 0 Å². The molecule has 0 saturated heterocycles. The zero-order chi connectivity index (χ0) is 12.0. The Labute approximate surface area is 101 Å². The van der Waals surface area contributed by atoms with Crippen molar-refractivity contribution in [3.63, 3.8) is 0 Å². The molecule has 0 amide bonds. The summed E-state index contributed by atoms with van der Waals surface area (Å²) in [4.78, 5) is 0. The largest absolute Gasteiger partial charge is 0.325 e. The second-order valence-corrected chi connectivity index (χ2v) is 7.13. The van der Waals surface area contributed by atoms with Gasteiger partial charge in [-0.25, -0.2) is 8.42 Å². The standard InChI is InChI=1S/C11H17N3O2S/c12-6-10-9-4-5-17(15,16)7-11(9)14(13-10)8-2-1-3-8/h8H,1-7,12H2. The highest BCUT2D eigenvalue weighted by molar-refractivity contribution is 7.90. The van der Waals surface area contributed by atoms with Crippen LogP contribution in [0.15, 0.2) is 0 Å². The third-order valence-corrected chi connectivity index (χ3v) is 5.37. The van der Waals surface area contributed by atoms with E-state index in [2.05, 4.69) is 5.10 Å². The van der Waals surface area contributed by atoms with Crippen molar-refractivity contribution in [1.82, 2.24) is 9.78 Å². The third-order valence-electron chi connectivity index (χ3n) is 3.84. The van der Waals surface area contributed by atoms with Crippen LogP contribution >= 0.6 is 0 Å². The molecule has 1 aromatic rings. The van der Waals surface area contributed by atoms with Crippen molar-refractivity contribution >= 4 is 9.84 Å². The first-order valence-electron chi connectivity index (χ1n) is 6.10. The van der Waals surface area contributed by atoms with Crippen LogP contribution in [0.2, 0.25) is 0 Å². The van der Waals surface area contributed by atoms with E-state index in [0.29, 0.717) is 19.0 Å². The highest BCUT2D eigenvalue weighted by Gasteiger charge is 2.32. The number of rotatable bonds is 2. The average molecular weight is 255 g/mol. The zero-order valence-electron chi connectivity index (χ0n) is 9.72. The number of nitrogens with two attached hydrogens (primary N) is 1. The summed E-state index contributed by atoms with van der Waals surface area (Å²) in [7, 11) is -2.93. The van der Waals surface area contributed by atoms with Crippen molar-refractivity contribution in [2.45, 2.75) is 44.0 Å². The number of hydrogen-bond donors (Lipinski definition) is 1. The second-order valence-electron chi connectivity index (χ2n) is 4.95. The van der Waals surface area contributed by atoms with Gasteiger partial charge in [-0.1, -0.05) is 0 Å². The molecule has 17 heavy (non-hydrogen) atoms. The maximum Gasteiger partial charge on any atom is 0.156 e.